The minimum Gasteiger partial charge on any atom is -0.493 e. The predicted molar refractivity (Wildman–Crippen MR) is 77.3 cm³/mol. The van der Waals surface area contributed by atoms with Gasteiger partial charge in [-0.1, -0.05) is 0 Å². The lowest BCUT2D eigenvalue weighted by Crippen LogP contribution is -2.08. The highest BCUT2D eigenvalue weighted by Gasteiger charge is 2.10. The first kappa shape index (κ1) is 14.4. The SMILES string of the molecule is CNCCCc1ncc(-c2ccc(OC)c(OC)c2)o1. The number of rotatable bonds is 7. The quantitative estimate of drug-likeness (QED) is 0.787. The lowest BCUT2D eigenvalue weighted by molar-refractivity contribution is 0.355. The van der Waals surface area contributed by atoms with Crippen molar-refractivity contribution in [3.05, 3.63) is 30.3 Å². The number of nitrogens with one attached hydrogen (secondary N) is 1. The number of hydrogen-bond donors (Lipinski definition) is 1. The molecule has 0 amide bonds. The van der Waals surface area contributed by atoms with Crippen LogP contribution in [0.25, 0.3) is 11.3 Å². The Morgan fingerprint density at radius 2 is 2.00 bits per heavy atom. The number of methoxy groups -OCH3 is 2. The van der Waals surface area contributed by atoms with Crippen LogP contribution >= 0.6 is 0 Å². The number of hydrogen-bond acceptors (Lipinski definition) is 5. The minimum absolute atomic E-state index is 0.679. The van der Waals surface area contributed by atoms with Crippen molar-refractivity contribution in [2.75, 3.05) is 27.8 Å². The Balaban J connectivity index is 2.15. The molecule has 0 aliphatic rings. The molecule has 0 saturated carbocycles. The van der Waals surface area contributed by atoms with Gasteiger partial charge in [0.1, 0.15) is 0 Å². The summed E-state index contributed by atoms with van der Waals surface area (Å²) in [6.07, 6.45) is 3.58. The first-order valence-electron chi connectivity index (χ1n) is 6.60. The molecule has 0 fully saturated rings. The second-order valence-corrected chi connectivity index (χ2v) is 4.40. The van der Waals surface area contributed by atoms with Gasteiger partial charge in [-0.05, 0) is 38.2 Å². The van der Waals surface area contributed by atoms with Crippen molar-refractivity contribution in [1.29, 1.82) is 0 Å². The predicted octanol–water partition coefficient (Wildman–Crippen LogP) is 2.51. The van der Waals surface area contributed by atoms with E-state index in [0.29, 0.717) is 11.5 Å². The van der Waals surface area contributed by atoms with Crippen LogP contribution in [-0.4, -0.2) is 32.8 Å². The number of aromatic nitrogens is 1. The molecule has 1 aromatic heterocycles. The second-order valence-electron chi connectivity index (χ2n) is 4.40. The molecule has 1 heterocycles. The van der Waals surface area contributed by atoms with Crippen molar-refractivity contribution in [2.24, 2.45) is 0 Å². The summed E-state index contributed by atoms with van der Waals surface area (Å²) < 4.78 is 16.3. The lowest BCUT2D eigenvalue weighted by atomic mass is 10.1. The van der Waals surface area contributed by atoms with Crippen LogP contribution in [-0.2, 0) is 6.42 Å². The Morgan fingerprint density at radius 3 is 2.70 bits per heavy atom. The van der Waals surface area contributed by atoms with Gasteiger partial charge in [-0.15, -0.1) is 0 Å². The molecule has 0 spiro atoms. The standard InChI is InChI=1S/C15H20N2O3/c1-16-8-4-5-15-17-10-14(20-15)11-6-7-12(18-2)13(9-11)19-3/h6-7,9-10,16H,4-5,8H2,1-3H3. The van der Waals surface area contributed by atoms with E-state index in [0.717, 1.165) is 36.6 Å². The third-order valence-corrected chi connectivity index (χ3v) is 3.04. The molecular weight excluding hydrogens is 256 g/mol. The molecule has 5 heteroatoms. The summed E-state index contributed by atoms with van der Waals surface area (Å²) in [4.78, 5) is 4.30. The van der Waals surface area contributed by atoms with E-state index in [4.69, 9.17) is 13.9 Å². The average molecular weight is 276 g/mol. The highest BCUT2D eigenvalue weighted by molar-refractivity contribution is 5.62. The number of benzene rings is 1. The van der Waals surface area contributed by atoms with Crippen LogP contribution in [0.3, 0.4) is 0 Å². The molecule has 0 atom stereocenters. The van der Waals surface area contributed by atoms with E-state index < -0.39 is 0 Å². The van der Waals surface area contributed by atoms with Gasteiger partial charge in [0.05, 0.1) is 20.4 Å². The average Bonchev–Trinajstić information content (AvgIpc) is 2.95. The van der Waals surface area contributed by atoms with Gasteiger partial charge in [0.25, 0.3) is 0 Å². The molecule has 2 rings (SSSR count). The molecule has 108 valence electrons. The first-order chi connectivity index (χ1) is 9.78. The normalized spacial score (nSPS) is 10.6. The Bertz CT molecular complexity index is 552. The van der Waals surface area contributed by atoms with E-state index in [1.54, 1.807) is 20.4 Å². The van der Waals surface area contributed by atoms with Crippen molar-refractivity contribution in [3.8, 4) is 22.8 Å². The summed E-state index contributed by atoms with van der Waals surface area (Å²) >= 11 is 0. The highest BCUT2D eigenvalue weighted by atomic mass is 16.5. The molecule has 0 saturated heterocycles. The molecule has 0 aliphatic carbocycles. The molecule has 0 radical (unpaired) electrons. The fraction of sp³-hybridized carbons (Fsp3) is 0.400. The third-order valence-electron chi connectivity index (χ3n) is 3.04. The third kappa shape index (κ3) is 3.30. The van der Waals surface area contributed by atoms with Crippen LogP contribution in [0.15, 0.2) is 28.8 Å². The maximum atomic E-state index is 5.75. The minimum atomic E-state index is 0.679. The van der Waals surface area contributed by atoms with Crippen LogP contribution in [0.1, 0.15) is 12.3 Å². The number of aryl methyl sites for hydroxylation is 1. The topological polar surface area (TPSA) is 56.5 Å². The summed E-state index contributed by atoms with van der Waals surface area (Å²) in [5.41, 5.74) is 0.926. The summed E-state index contributed by atoms with van der Waals surface area (Å²) in [5.74, 6) is 2.87. The van der Waals surface area contributed by atoms with Gasteiger partial charge in [-0.2, -0.15) is 0 Å². The summed E-state index contributed by atoms with van der Waals surface area (Å²) in [7, 11) is 5.17. The molecule has 1 N–H and O–H groups in total. The summed E-state index contributed by atoms with van der Waals surface area (Å²) in [5, 5.41) is 3.10. The van der Waals surface area contributed by atoms with E-state index in [1.807, 2.05) is 25.2 Å². The molecule has 1 aromatic carbocycles. The first-order valence-corrected chi connectivity index (χ1v) is 6.60. The molecule has 0 unspecified atom stereocenters. The van der Waals surface area contributed by atoms with Crippen LogP contribution in [0.5, 0.6) is 11.5 Å². The largest absolute Gasteiger partial charge is 0.493 e. The lowest BCUT2D eigenvalue weighted by Gasteiger charge is -2.08. The number of ether oxygens (including phenoxy) is 2. The van der Waals surface area contributed by atoms with E-state index in [2.05, 4.69) is 10.3 Å². The van der Waals surface area contributed by atoms with E-state index in [-0.39, 0.29) is 0 Å². The zero-order valence-corrected chi connectivity index (χ0v) is 12.1. The van der Waals surface area contributed by atoms with E-state index in [1.165, 1.54) is 0 Å². The van der Waals surface area contributed by atoms with E-state index in [9.17, 15) is 0 Å². The Morgan fingerprint density at radius 1 is 1.20 bits per heavy atom. The maximum Gasteiger partial charge on any atom is 0.194 e. The molecule has 20 heavy (non-hydrogen) atoms. The monoisotopic (exact) mass is 276 g/mol. The molecular formula is C15H20N2O3. The van der Waals surface area contributed by atoms with Crippen LogP contribution < -0.4 is 14.8 Å². The second kappa shape index (κ2) is 6.96. The van der Waals surface area contributed by atoms with Crippen molar-refractivity contribution >= 4 is 0 Å². The fourth-order valence-corrected chi connectivity index (χ4v) is 1.97. The molecule has 0 bridgehead atoms. The Hall–Kier alpha value is -2.01. The summed E-state index contributed by atoms with van der Waals surface area (Å²) in [6, 6.07) is 5.67. The number of nitrogens with zero attached hydrogens (tertiary/aromatic N) is 1. The van der Waals surface area contributed by atoms with Gasteiger partial charge < -0.3 is 19.2 Å². The zero-order valence-electron chi connectivity index (χ0n) is 12.1. The van der Waals surface area contributed by atoms with Crippen molar-refractivity contribution in [3.63, 3.8) is 0 Å². The molecule has 2 aromatic rings. The summed E-state index contributed by atoms with van der Waals surface area (Å²) in [6.45, 7) is 0.952. The van der Waals surface area contributed by atoms with Crippen LogP contribution in [0.4, 0.5) is 0 Å². The molecule has 5 nitrogen and oxygen atoms in total. The van der Waals surface area contributed by atoms with Gasteiger partial charge in [0, 0.05) is 12.0 Å². The van der Waals surface area contributed by atoms with Gasteiger partial charge >= 0.3 is 0 Å². The zero-order chi connectivity index (χ0) is 14.4. The Labute approximate surface area is 118 Å². The van der Waals surface area contributed by atoms with Gasteiger partial charge in [-0.3, -0.25) is 0 Å². The van der Waals surface area contributed by atoms with Crippen LogP contribution in [0, 0.1) is 0 Å². The molecule has 0 aliphatic heterocycles. The van der Waals surface area contributed by atoms with Gasteiger partial charge in [0.15, 0.2) is 23.1 Å². The van der Waals surface area contributed by atoms with Gasteiger partial charge in [-0.25, -0.2) is 4.98 Å². The smallest absolute Gasteiger partial charge is 0.194 e. The highest BCUT2D eigenvalue weighted by Crippen LogP contribution is 2.32. The maximum absolute atomic E-state index is 5.75. The van der Waals surface area contributed by atoms with Crippen LogP contribution in [0.2, 0.25) is 0 Å². The van der Waals surface area contributed by atoms with Crippen molar-refractivity contribution < 1.29 is 13.9 Å². The van der Waals surface area contributed by atoms with Crippen molar-refractivity contribution in [2.45, 2.75) is 12.8 Å². The van der Waals surface area contributed by atoms with Crippen molar-refractivity contribution in [1.82, 2.24) is 10.3 Å². The fourth-order valence-electron chi connectivity index (χ4n) is 1.97. The number of oxazole rings is 1. The Kier molecular flexibility index (Phi) is 5.01. The van der Waals surface area contributed by atoms with E-state index >= 15 is 0 Å². The van der Waals surface area contributed by atoms with Gasteiger partial charge in [0.2, 0.25) is 0 Å².